The molecule has 5 rings (SSSR count). The van der Waals surface area contributed by atoms with Crippen molar-refractivity contribution in [3.8, 4) is 0 Å². The highest BCUT2D eigenvalue weighted by atomic mass is 16.7. The molecular weight excluding hydrogens is 372 g/mol. The first-order valence-corrected chi connectivity index (χ1v) is 13.1. The van der Waals surface area contributed by atoms with Gasteiger partial charge in [0.15, 0.2) is 6.29 Å². The van der Waals surface area contributed by atoms with Crippen LogP contribution >= 0.6 is 0 Å². The number of ketones is 1. The highest BCUT2D eigenvalue weighted by Crippen LogP contribution is 2.67. The molecule has 3 heteroatoms. The van der Waals surface area contributed by atoms with Gasteiger partial charge in [0.05, 0.1) is 6.10 Å². The van der Waals surface area contributed by atoms with E-state index in [0.29, 0.717) is 46.4 Å². The van der Waals surface area contributed by atoms with Gasteiger partial charge < -0.3 is 9.47 Å². The van der Waals surface area contributed by atoms with E-state index < -0.39 is 0 Å². The molecule has 5 fully saturated rings. The van der Waals surface area contributed by atoms with E-state index in [1.54, 1.807) is 0 Å². The zero-order chi connectivity index (χ0) is 21.1. The second kappa shape index (κ2) is 7.87. The van der Waals surface area contributed by atoms with Gasteiger partial charge in [-0.1, -0.05) is 27.7 Å². The molecule has 3 nitrogen and oxygen atoms in total. The molecule has 0 radical (unpaired) electrons. The fourth-order valence-corrected chi connectivity index (χ4v) is 9.18. The van der Waals surface area contributed by atoms with Gasteiger partial charge in [-0.3, -0.25) is 4.79 Å². The van der Waals surface area contributed by atoms with Crippen molar-refractivity contribution in [2.75, 3.05) is 6.61 Å². The first-order chi connectivity index (χ1) is 14.3. The topological polar surface area (TPSA) is 35.5 Å². The standard InChI is InChI=1S/C27H44O3/c1-17(2)20-8-9-21-25-22(11-13-27(20,21)4)26(3)12-10-19(15-18(26)16-23(25)28)30-24-7-5-6-14-29-24/h17-22,24-25H,5-16H2,1-4H3/t18?,19-,20-,21?,22?,24?,25?,26?,27?/m1/s1. The Morgan fingerprint density at radius 1 is 0.967 bits per heavy atom. The number of carbonyl (C=O) groups is 1. The summed E-state index contributed by atoms with van der Waals surface area (Å²) in [6.07, 6.45) is 13.2. The summed E-state index contributed by atoms with van der Waals surface area (Å²) >= 11 is 0. The number of rotatable bonds is 3. The van der Waals surface area contributed by atoms with Gasteiger partial charge in [-0.15, -0.1) is 0 Å². The van der Waals surface area contributed by atoms with Crippen molar-refractivity contribution in [3.05, 3.63) is 0 Å². The normalized spacial score (nSPS) is 51.4. The van der Waals surface area contributed by atoms with Gasteiger partial charge in [-0.05, 0) is 105 Å². The molecule has 0 bridgehead atoms. The molecule has 1 aliphatic heterocycles. The third-order valence-electron chi connectivity index (χ3n) is 10.8. The van der Waals surface area contributed by atoms with Crippen molar-refractivity contribution in [3.63, 3.8) is 0 Å². The van der Waals surface area contributed by atoms with E-state index in [1.807, 2.05) is 0 Å². The molecule has 0 N–H and O–H groups in total. The summed E-state index contributed by atoms with van der Waals surface area (Å²) < 4.78 is 12.2. The van der Waals surface area contributed by atoms with Crippen LogP contribution in [0, 0.1) is 46.3 Å². The Morgan fingerprint density at radius 2 is 1.73 bits per heavy atom. The lowest BCUT2D eigenvalue weighted by Gasteiger charge is -2.60. The third-order valence-corrected chi connectivity index (χ3v) is 10.8. The summed E-state index contributed by atoms with van der Waals surface area (Å²) in [5, 5.41) is 0. The summed E-state index contributed by atoms with van der Waals surface area (Å²) in [5.74, 6) is 4.26. The molecule has 4 saturated carbocycles. The van der Waals surface area contributed by atoms with Crippen molar-refractivity contribution in [1.29, 1.82) is 0 Å². The van der Waals surface area contributed by atoms with E-state index in [9.17, 15) is 4.79 Å². The van der Waals surface area contributed by atoms with Gasteiger partial charge in [0, 0.05) is 18.9 Å². The van der Waals surface area contributed by atoms with E-state index in [2.05, 4.69) is 27.7 Å². The Labute approximate surface area is 184 Å². The van der Waals surface area contributed by atoms with Gasteiger partial charge in [0.2, 0.25) is 0 Å². The molecule has 1 saturated heterocycles. The highest BCUT2D eigenvalue weighted by molar-refractivity contribution is 5.83. The monoisotopic (exact) mass is 416 g/mol. The second-order valence-corrected chi connectivity index (χ2v) is 12.4. The van der Waals surface area contributed by atoms with E-state index in [1.165, 1.54) is 44.9 Å². The smallest absolute Gasteiger partial charge is 0.157 e. The van der Waals surface area contributed by atoms with Gasteiger partial charge >= 0.3 is 0 Å². The maximum atomic E-state index is 13.6. The van der Waals surface area contributed by atoms with Gasteiger partial charge in [-0.25, -0.2) is 0 Å². The van der Waals surface area contributed by atoms with Crippen molar-refractivity contribution >= 4 is 5.78 Å². The molecule has 0 amide bonds. The van der Waals surface area contributed by atoms with E-state index in [0.717, 1.165) is 44.1 Å². The van der Waals surface area contributed by atoms with Crippen LogP contribution in [-0.4, -0.2) is 24.8 Å². The van der Waals surface area contributed by atoms with Crippen LogP contribution in [0.2, 0.25) is 0 Å². The van der Waals surface area contributed by atoms with Crippen molar-refractivity contribution in [2.24, 2.45) is 46.3 Å². The largest absolute Gasteiger partial charge is 0.353 e. The Hall–Kier alpha value is -0.410. The number of fused-ring (bicyclic) bond motifs is 5. The highest BCUT2D eigenvalue weighted by Gasteiger charge is 2.62. The van der Waals surface area contributed by atoms with Crippen molar-refractivity contribution in [2.45, 2.75) is 111 Å². The lowest BCUT2D eigenvalue weighted by molar-refractivity contribution is -0.211. The molecule has 1 heterocycles. The van der Waals surface area contributed by atoms with Crippen LogP contribution in [0.4, 0.5) is 0 Å². The molecule has 0 aromatic rings. The van der Waals surface area contributed by atoms with Crippen molar-refractivity contribution in [1.82, 2.24) is 0 Å². The molecule has 4 aliphatic carbocycles. The Kier molecular flexibility index (Phi) is 5.62. The fraction of sp³-hybridized carbons (Fsp3) is 0.963. The Balaban J connectivity index is 1.32. The van der Waals surface area contributed by atoms with Gasteiger partial charge in [0.25, 0.3) is 0 Å². The van der Waals surface area contributed by atoms with Crippen LogP contribution < -0.4 is 0 Å². The van der Waals surface area contributed by atoms with E-state index >= 15 is 0 Å². The van der Waals surface area contributed by atoms with Gasteiger partial charge in [0.1, 0.15) is 5.78 Å². The van der Waals surface area contributed by atoms with Crippen LogP contribution in [0.25, 0.3) is 0 Å². The summed E-state index contributed by atoms with van der Waals surface area (Å²) in [5.41, 5.74) is 0.732. The van der Waals surface area contributed by atoms with Crippen molar-refractivity contribution < 1.29 is 14.3 Å². The molecule has 30 heavy (non-hydrogen) atoms. The maximum absolute atomic E-state index is 13.6. The molecule has 0 aromatic heterocycles. The third kappa shape index (κ3) is 3.33. The average molecular weight is 417 g/mol. The Bertz CT molecular complexity index is 652. The zero-order valence-electron chi connectivity index (χ0n) is 19.8. The minimum atomic E-state index is 0.00184. The molecule has 5 aliphatic rings. The number of Topliss-reactive ketones (excluding diaryl/α,β-unsaturated/α-hetero) is 1. The quantitative estimate of drug-likeness (QED) is 0.500. The number of ether oxygens (including phenoxy) is 2. The predicted octanol–water partition coefficient (Wildman–Crippen LogP) is 6.39. The average Bonchev–Trinajstić information content (AvgIpc) is 3.07. The molecule has 7 unspecified atom stereocenters. The summed E-state index contributed by atoms with van der Waals surface area (Å²) in [4.78, 5) is 13.6. The molecule has 9 atom stereocenters. The van der Waals surface area contributed by atoms with Crippen LogP contribution in [0.15, 0.2) is 0 Å². The first-order valence-electron chi connectivity index (χ1n) is 13.1. The number of hydrogen-bond acceptors (Lipinski definition) is 3. The summed E-state index contributed by atoms with van der Waals surface area (Å²) in [6.45, 7) is 10.7. The SMILES string of the molecule is CC(C)[C@H]1CCC2C3C(=O)CC4C[C@H](OC5CCCCO5)CCC4(C)C3CCC21C. The van der Waals surface area contributed by atoms with Gasteiger partial charge in [-0.2, -0.15) is 0 Å². The lowest BCUT2D eigenvalue weighted by Crippen LogP contribution is -2.57. The summed E-state index contributed by atoms with van der Waals surface area (Å²) in [7, 11) is 0. The van der Waals surface area contributed by atoms with Crippen LogP contribution in [-0.2, 0) is 14.3 Å². The Morgan fingerprint density at radius 3 is 2.47 bits per heavy atom. The van der Waals surface area contributed by atoms with Crippen LogP contribution in [0.3, 0.4) is 0 Å². The van der Waals surface area contributed by atoms with Crippen LogP contribution in [0.1, 0.15) is 98.3 Å². The van der Waals surface area contributed by atoms with Crippen LogP contribution in [0.5, 0.6) is 0 Å². The molecule has 170 valence electrons. The summed E-state index contributed by atoms with van der Waals surface area (Å²) in [6, 6.07) is 0. The maximum Gasteiger partial charge on any atom is 0.157 e. The number of carbonyl (C=O) groups excluding carboxylic acids is 1. The predicted molar refractivity (Wildman–Crippen MR) is 119 cm³/mol. The minimum Gasteiger partial charge on any atom is -0.353 e. The molecule has 0 spiro atoms. The number of hydrogen-bond donors (Lipinski definition) is 0. The van der Waals surface area contributed by atoms with E-state index in [4.69, 9.17) is 9.47 Å². The zero-order valence-corrected chi connectivity index (χ0v) is 19.8. The molecular formula is C27H44O3. The molecule has 0 aromatic carbocycles. The minimum absolute atomic E-state index is 0.00184. The fourth-order valence-electron chi connectivity index (χ4n) is 9.18. The lowest BCUT2D eigenvalue weighted by atomic mass is 9.44. The first kappa shape index (κ1) is 21.4. The van der Waals surface area contributed by atoms with E-state index in [-0.39, 0.29) is 6.29 Å². The second-order valence-electron chi connectivity index (χ2n) is 12.4.